The van der Waals surface area contributed by atoms with Gasteiger partial charge in [0.1, 0.15) is 18.1 Å². The smallest absolute Gasteiger partial charge is 0.310 e. The maximum absolute atomic E-state index is 14.7. The number of anilines is 3. The van der Waals surface area contributed by atoms with E-state index in [0.717, 1.165) is 0 Å². The molecule has 0 aliphatic carbocycles. The molecule has 11 heteroatoms. The van der Waals surface area contributed by atoms with Gasteiger partial charge in [0.2, 0.25) is 5.91 Å². The quantitative estimate of drug-likeness (QED) is 0.286. The lowest BCUT2D eigenvalue weighted by Crippen LogP contribution is -2.22. The molecule has 2 aromatic heterocycles. The maximum atomic E-state index is 14.7. The number of fused-ring (bicyclic) bond motifs is 1. The number of hydrogen-bond donors (Lipinski definition) is 3. The van der Waals surface area contributed by atoms with Crippen molar-refractivity contribution in [2.45, 2.75) is 19.9 Å². The highest BCUT2D eigenvalue weighted by atomic mass is 79.9. The van der Waals surface area contributed by atoms with Gasteiger partial charge in [0, 0.05) is 45.5 Å². The molecule has 0 unspecified atom stereocenters. The van der Waals surface area contributed by atoms with Crippen LogP contribution in [-0.2, 0) is 11.3 Å². The Kier molecular flexibility index (Phi) is 7.60. The standard InChI is InChI=1S/C26H20BrFN6O3/c1-2-34-22-13-23(33-24(35)8-9-29)30-14-15(22)10-18(25(34)36)17-11-21(20(28)12-19(17)27)32-26(37)31-16-6-4-3-5-7-16/h3-7,10-14H,2,8H2,1H3,(H,30,33,35)(H2,31,32,37). The van der Waals surface area contributed by atoms with Crippen LogP contribution in [0.1, 0.15) is 13.3 Å². The molecule has 4 rings (SSSR count). The van der Waals surface area contributed by atoms with E-state index in [-0.39, 0.29) is 29.0 Å². The summed E-state index contributed by atoms with van der Waals surface area (Å²) in [4.78, 5) is 41.9. The molecule has 0 bridgehead atoms. The molecule has 0 saturated carbocycles. The Balaban J connectivity index is 1.73. The van der Waals surface area contributed by atoms with Gasteiger partial charge in [-0.25, -0.2) is 14.2 Å². The topological polar surface area (TPSA) is 129 Å². The summed E-state index contributed by atoms with van der Waals surface area (Å²) in [5, 5.41) is 16.9. The van der Waals surface area contributed by atoms with Crippen LogP contribution in [0, 0.1) is 17.1 Å². The van der Waals surface area contributed by atoms with Crippen molar-refractivity contribution in [1.29, 1.82) is 5.26 Å². The van der Waals surface area contributed by atoms with Gasteiger partial charge < -0.3 is 20.5 Å². The predicted octanol–water partition coefficient (Wildman–Crippen LogP) is 5.48. The van der Waals surface area contributed by atoms with Crippen molar-refractivity contribution >= 4 is 56.0 Å². The zero-order valence-electron chi connectivity index (χ0n) is 19.5. The Hall–Kier alpha value is -4.56. The molecule has 0 spiro atoms. The van der Waals surface area contributed by atoms with Gasteiger partial charge in [-0.1, -0.05) is 34.1 Å². The molecular formula is C26H20BrFN6O3. The maximum Gasteiger partial charge on any atom is 0.323 e. The van der Waals surface area contributed by atoms with Crippen molar-refractivity contribution in [1.82, 2.24) is 9.55 Å². The van der Waals surface area contributed by atoms with Crippen LogP contribution in [-0.4, -0.2) is 21.5 Å². The SMILES string of the molecule is CCn1c(=O)c(-c2cc(NC(=O)Nc3ccccc3)c(F)cc2Br)cc2cnc(NC(=O)CC#N)cc21. The van der Waals surface area contributed by atoms with Crippen LogP contribution >= 0.6 is 15.9 Å². The summed E-state index contributed by atoms with van der Waals surface area (Å²) in [7, 11) is 0. The first-order valence-electron chi connectivity index (χ1n) is 11.1. The second-order valence-corrected chi connectivity index (χ2v) is 8.73. The van der Waals surface area contributed by atoms with Gasteiger partial charge in [-0.05, 0) is 37.3 Å². The number of carbonyl (C=O) groups is 2. The van der Waals surface area contributed by atoms with Crippen LogP contribution in [0.5, 0.6) is 0 Å². The first-order valence-corrected chi connectivity index (χ1v) is 11.9. The molecule has 2 heterocycles. The molecule has 2 aromatic carbocycles. The van der Waals surface area contributed by atoms with Crippen molar-refractivity contribution in [3.05, 3.63) is 81.4 Å². The second kappa shape index (κ2) is 11.0. The van der Waals surface area contributed by atoms with Crippen molar-refractivity contribution < 1.29 is 14.0 Å². The lowest BCUT2D eigenvalue weighted by Gasteiger charge is -2.15. The molecule has 9 nitrogen and oxygen atoms in total. The highest BCUT2D eigenvalue weighted by Gasteiger charge is 2.18. The number of nitrogens with zero attached hydrogens (tertiary/aromatic N) is 3. The van der Waals surface area contributed by atoms with Gasteiger partial charge in [-0.3, -0.25) is 9.59 Å². The summed E-state index contributed by atoms with van der Waals surface area (Å²) < 4.78 is 16.6. The minimum Gasteiger partial charge on any atom is -0.310 e. The molecule has 0 aliphatic rings. The summed E-state index contributed by atoms with van der Waals surface area (Å²) in [5.74, 6) is -0.987. The van der Waals surface area contributed by atoms with Gasteiger partial charge in [0.15, 0.2) is 0 Å². The molecule has 4 aromatic rings. The molecule has 3 N–H and O–H groups in total. The van der Waals surface area contributed by atoms with Gasteiger partial charge >= 0.3 is 6.03 Å². The molecule has 0 saturated heterocycles. The van der Waals surface area contributed by atoms with E-state index in [0.29, 0.717) is 33.2 Å². The second-order valence-electron chi connectivity index (χ2n) is 7.88. The third-order valence-electron chi connectivity index (χ3n) is 5.43. The number of aromatic nitrogens is 2. The number of amides is 3. The number of halogens is 2. The molecule has 0 aliphatic heterocycles. The van der Waals surface area contributed by atoms with E-state index in [1.165, 1.54) is 22.9 Å². The number of pyridine rings is 2. The van der Waals surface area contributed by atoms with Crippen LogP contribution < -0.4 is 21.5 Å². The summed E-state index contributed by atoms with van der Waals surface area (Å²) in [6, 6.07) is 15.6. The molecule has 0 fully saturated rings. The van der Waals surface area contributed by atoms with Gasteiger partial charge in [0.25, 0.3) is 5.56 Å². The molecule has 3 amide bonds. The minimum absolute atomic E-state index is 0.108. The van der Waals surface area contributed by atoms with E-state index in [4.69, 9.17) is 5.26 Å². The molecule has 0 radical (unpaired) electrons. The summed E-state index contributed by atoms with van der Waals surface area (Å²) in [6.45, 7) is 2.10. The highest BCUT2D eigenvalue weighted by molar-refractivity contribution is 9.10. The Morgan fingerprint density at radius 2 is 1.84 bits per heavy atom. The van der Waals surface area contributed by atoms with Crippen LogP contribution in [0.15, 0.2) is 70.1 Å². The third-order valence-corrected chi connectivity index (χ3v) is 6.08. The number of urea groups is 1. The van der Waals surface area contributed by atoms with E-state index in [2.05, 4.69) is 36.9 Å². The van der Waals surface area contributed by atoms with E-state index in [1.54, 1.807) is 55.5 Å². The lowest BCUT2D eigenvalue weighted by molar-refractivity contribution is -0.115. The minimum atomic E-state index is -0.685. The van der Waals surface area contributed by atoms with Crippen molar-refractivity contribution in [3.63, 3.8) is 0 Å². The molecule has 0 atom stereocenters. The molecule has 37 heavy (non-hydrogen) atoms. The van der Waals surface area contributed by atoms with Gasteiger partial charge in [-0.2, -0.15) is 5.26 Å². The van der Waals surface area contributed by atoms with E-state index < -0.39 is 17.8 Å². The van der Waals surface area contributed by atoms with E-state index in [1.807, 2.05) is 0 Å². The Labute approximate surface area is 219 Å². The van der Waals surface area contributed by atoms with E-state index in [9.17, 15) is 18.8 Å². The number of nitrogens with one attached hydrogen (secondary N) is 3. The average molecular weight is 563 g/mol. The Morgan fingerprint density at radius 1 is 1.08 bits per heavy atom. The third kappa shape index (κ3) is 5.65. The number of hydrogen-bond acceptors (Lipinski definition) is 5. The fourth-order valence-corrected chi connectivity index (χ4v) is 4.29. The number of benzene rings is 2. The van der Waals surface area contributed by atoms with Crippen LogP contribution in [0.3, 0.4) is 0 Å². The zero-order valence-corrected chi connectivity index (χ0v) is 21.1. The number of aryl methyl sites for hydroxylation is 1. The normalized spacial score (nSPS) is 10.5. The highest BCUT2D eigenvalue weighted by Crippen LogP contribution is 2.33. The number of carbonyl (C=O) groups excluding carboxylic acids is 2. The number of nitriles is 1. The summed E-state index contributed by atoms with van der Waals surface area (Å²) in [6.07, 6.45) is 1.17. The zero-order chi connectivity index (χ0) is 26.5. The van der Waals surface area contributed by atoms with Crippen LogP contribution in [0.25, 0.3) is 22.0 Å². The van der Waals surface area contributed by atoms with Gasteiger partial charge in [0.05, 0.1) is 17.3 Å². The Bertz CT molecular complexity index is 1620. The fraction of sp³-hybridized carbons (Fsp3) is 0.115. The average Bonchev–Trinajstić information content (AvgIpc) is 2.86. The van der Waals surface area contributed by atoms with Crippen molar-refractivity contribution in [2.24, 2.45) is 0 Å². The summed E-state index contributed by atoms with van der Waals surface area (Å²) in [5.41, 5.74) is 1.23. The molecular weight excluding hydrogens is 543 g/mol. The number of rotatable bonds is 6. The van der Waals surface area contributed by atoms with Crippen molar-refractivity contribution in [3.8, 4) is 17.2 Å². The lowest BCUT2D eigenvalue weighted by atomic mass is 10.0. The first-order chi connectivity index (χ1) is 17.8. The van der Waals surface area contributed by atoms with E-state index >= 15 is 0 Å². The predicted molar refractivity (Wildman–Crippen MR) is 143 cm³/mol. The van der Waals surface area contributed by atoms with Crippen LogP contribution in [0.2, 0.25) is 0 Å². The van der Waals surface area contributed by atoms with Gasteiger partial charge in [-0.15, -0.1) is 0 Å². The monoisotopic (exact) mass is 562 g/mol. The number of para-hydroxylation sites is 1. The fourth-order valence-electron chi connectivity index (χ4n) is 3.76. The van der Waals surface area contributed by atoms with Crippen molar-refractivity contribution in [2.75, 3.05) is 16.0 Å². The summed E-state index contributed by atoms with van der Waals surface area (Å²) >= 11 is 3.33. The largest absolute Gasteiger partial charge is 0.323 e. The first kappa shape index (κ1) is 25.5. The molecule has 186 valence electrons. The van der Waals surface area contributed by atoms with Crippen LogP contribution in [0.4, 0.5) is 26.4 Å². The Morgan fingerprint density at radius 3 is 2.54 bits per heavy atom.